The van der Waals surface area contributed by atoms with E-state index in [4.69, 9.17) is 14.5 Å². The maximum absolute atomic E-state index is 13.4. The molecule has 2 aromatic rings. The summed E-state index contributed by atoms with van der Waals surface area (Å²) < 4.78 is 52.9. The number of aliphatic hydroxyl groups is 1. The topological polar surface area (TPSA) is 51.6 Å². The predicted molar refractivity (Wildman–Crippen MR) is 129 cm³/mol. The zero-order chi connectivity index (χ0) is 25.5. The lowest BCUT2D eigenvalue weighted by atomic mass is 9.58. The van der Waals surface area contributed by atoms with Gasteiger partial charge in [0.25, 0.3) is 0 Å². The van der Waals surface area contributed by atoms with Crippen molar-refractivity contribution in [2.75, 3.05) is 13.2 Å². The van der Waals surface area contributed by atoms with Crippen LogP contribution in [0, 0.1) is 12.3 Å². The van der Waals surface area contributed by atoms with E-state index in [1.54, 1.807) is 13.0 Å². The van der Waals surface area contributed by atoms with Crippen molar-refractivity contribution in [3.05, 3.63) is 63.0 Å². The fourth-order valence-corrected chi connectivity index (χ4v) is 7.15. The number of benzene rings is 1. The molecule has 1 saturated carbocycles. The van der Waals surface area contributed by atoms with Gasteiger partial charge in [-0.3, -0.25) is 4.98 Å². The third-order valence-electron chi connectivity index (χ3n) is 9.09. The maximum atomic E-state index is 13.4. The first-order valence-electron chi connectivity index (χ1n) is 13.2. The number of aliphatic hydroxyl groups excluding tert-OH is 1. The highest BCUT2D eigenvalue weighted by molar-refractivity contribution is 5.55. The first-order chi connectivity index (χ1) is 17.0. The number of nitrogens with zero attached hydrogens (tertiary/aromatic N) is 1. The fraction of sp³-hybridized carbons (Fsp3) is 0.621. The van der Waals surface area contributed by atoms with Gasteiger partial charge in [0.1, 0.15) is 6.10 Å². The summed E-state index contributed by atoms with van der Waals surface area (Å²) in [4.78, 5) is 5.20. The van der Waals surface area contributed by atoms with Gasteiger partial charge in [-0.05, 0) is 72.8 Å². The minimum atomic E-state index is -4.40. The second-order valence-corrected chi connectivity index (χ2v) is 11.7. The molecule has 1 aromatic heterocycles. The molecule has 4 nitrogen and oxygen atoms in total. The molecule has 2 unspecified atom stereocenters. The summed E-state index contributed by atoms with van der Waals surface area (Å²) in [5.74, 6) is 0.108. The van der Waals surface area contributed by atoms with Crippen LogP contribution >= 0.6 is 0 Å². The highest BCUT2D eigenvalue weighted by Crippen LogP contribution is 2.60. The third-order valence-corrected chi connectivity index (χ3v) is 9.09. The van der Waals surface area contributed by atoms with Gasteiger partial charge < -0.3 is 14.6 Å². The van der Waals surface area contributed by atoms with Crippen LogP contribution in [0.4, 0.5) is 13.2 Å². The minimum Gasteiger partial charge on any atom is -0.388 e. The molecule has 36 heavy (non-hydrogen) atoms. The van der Waals surface area contributed by atoms with Crippen LogP contribution < -0.4 is 0 Å². The van der Waals surface area contributed by atoms with E-state index in [-0.39, 0.29) is 11.3 Å². The summed E-state index contributed by atoms with van der Waals surface area (Å²) in [6.45, 7) is 7.04. The van der Waals surface area contributed by atoms with E-state index in [0.717, 1.165) is 65.4 Å². The largest absolute Gasteiger partial charge is 0.416 e. The molecule has 0 amide bonds. The molecular weight excluding hydrogens is 467 g/mol. The van der Waals surface area contributed by atoms with Crippen LogP contribution in [-0.2, 0) is 27.7 Å². The standard InChI is InChI=1S/C29H34F3NO3/c1-16(2)25-23-24(22-20(33-25)14-27(7-4-8-27)15-21(22)34)28(9-11-35-12-10-28)36-26(23)19-6-5-18(13-17(19)3)29(30,31)32/h5-6,13,16,21,26,34H,4,7-12,14-15H2,1-3H3. The summed E-state index contributed by atoms with van der Waals surface area (Å²) in [5.41, 5.74) is 5.00. The summed E-state index contributed by atoms with van der Waals surface area (Å²) in [6.07, 6.45) is 0.854. The summed E-state index contributed by atoms with van der Waals surface area (Å²) in [5, 5.41) is 11.6. The molecule has 3 heterocycles. The Hall–Kier alpha value is -1.96. The number of rotatable bonds is 2. The molecule has 194 valence electrons. The molecule has 4 aliphatic rings. The lowest BCUT2D eigenvalue weighted by molar-refractivity contribution is -0.137. The molecular formula is C29H34F3NO3. The number of pyridine rings is 1. The Morgan fingerprint density at radius 1 is 1.08 bits per heavy atom. The second kappa shape index (κ2) is 8.27. The predicted octanol–water partition coefficient (Wildman–Crippen LogP) is 6.81. The molecule has 0 bridgehead atoms. The number of halogens is 3. The zero-order valence-electron chi connectivity index (χ0n) is 21.2. The van der Waals surface area contributed by atoms with E-state index in [0.29, 0.717) is 31.6 Å². The third kappa shape index (κ3) is 3.64. The Bertz CT molecular complexity index is 1200. The number of hydrogen-bond acceptors (Lipinski definition) is 4. The first kappa shape index (κ1) is 24.4. The second-order valence-electron chi connectivity index (χ2n) is 11.7. The van der Waals surface area contributed by atoms with Crippen molar-refractivity contribution in [2.24, 2.45) is 5.41 Å². The van der Waals surface area contributed by atoms with Crippen molar-refractivity contribution in [2.45, 2.75) is 95.6 Å². The highest BCUT2D eigenvalue weighted by Gasteiger charge is 2.54. The van der Waals surface area contributed by atoms with Crippen LogP contribution in [0.5, 0.6) is 0 Å². The average molecular weight is 502 g/mol. The van der Waals surface area contributed by atoms with E-state index in [1.165, 1.54) is 12.5 Å². The average Bonchev–Trinajstić information content (AvgIpc) is 3.10. The number of ether oxygens (including phenoxy) is 2. The van der Waals surface area contributed by atoms with Gasteiger partial charge in [0, 0.05) is 48.6 Å². The number of hydrogen-bond donors (Lipinski definition) is 1. The van der Waals surface area contributed by atoms with Gasteiger partial charge in [0.2, 0.25) is 0 Å². The molecule has 1 aromatic carbocycles. The Morgan fingerprint density at radius 3 is 2.39 bits per heavy atom. The van der Waals surface area contributed by atoms with Crippen molar-refractivity contribution in [3.63, 3.8) is 0 Å². The summed E-state index contributed by atoms with van der Waals surface area (Å²) in [6, 6.07) is 3.92. The van der Waals surface area contributed by atoms with Gasteiger partial charge in [0.05, 0.1) is 17.3 Å². The van der Waals surface area contributed by atoms with Crippen molar-refractivity contribution in [1.29, 1.82) is 0 Å². The van der Waals surface area contributed by atoms with Gasteiger partial charge in [-0.15, -0.1) is 0 Å². The molecule has 2 atom stereocenters. The van der Waals surface area contributed by atoms with E-state index >= 15 is 0 Å². The Labute approximate surface area is 210 Å². The van der Waals surface area contributed by atoms with Crippen LogP contribution in [0.15, 0.2) is 18.2 Å². The van der Waals surface area contributed by atoms with Crippen molar-refractivity contribution < 1.29 is 27.8 Å². The summed E-state index contributed by atoms with van der Waals surface area (Å²) >= 11 is 0. The van der Waals surface area contributed by atoms with Crippen LogP contribution in [-0.4, -0.2) is 23.3 Å². The molecule has 0 radical (unpaired) electrons. The normalized spacial score (nSPS) is 26.2. The van der Waals surface area contributed by atoms with Crippen molar-refractivity contribution in [1.82, 2.24) is 4.98 Å². The molecule has 6 rings (SSSR count). The zero-order valence-corrected chi connectivity index (χ0v) is 21.2. The molecule has 7 heteroatoms. The van der Waals surface area contributed by atoms with Crippen LogP contribution in [0.2, 0.25) is 0 Å². The molecule has 2 aliphatic heterocycles. The number of aryl methyl sites for hydroxylation is 1. The smallest absolute Gasteiger partial charge is 0.388 e. The van der Waals surface area contributed by atoms with E-state index in [1.807, 2.05) is 0 Å². The lowest BCUT2D eigenvalue weighted by Crippen LogP contribution is -2.40. The quantitative estimate of drug-likeness (QED) is 0.491. The van der Waals surface area contributed by atoms with Gasteiger partial charge in [-0.25, -0.2) is 0 Å². The molecule has 2 spiro atoms. The van der Waals surface area contributed by atoms with Crippen molar-refractivity contribution >= 4 is 0 Å². The highest BCUT2D eigenvalue weighted by atomic mass is 19.4. The maximum Gasteiger partial charge on any atom is 0.416 e. The van der Waals surface area contributed by atoms with Gasteiger partial charge in [0.15, 0.2) is 0 Å². The fourth-order valence-electron chi connectivity index (χ4n) is 7.15. The molecule has 2 fully saturated rings. The summed E-state index contributed by atoms with van der Waals surface area (Å²) in [7, 11) is 0. The lowest BCUT2D eigenvalue weighted by Gasteiger charge is -2.48. The first-order valence-corrected chi connectivity index (χ1v) is 13.2. The number of alkyl halides is 3. The SMILES string of the molecule is Cc1cc(C(F)(F)F)ccc1C1OC2(CCOCC2)c2c3c(nc(C(C)C)c21)CC1(CCC1)CC3O. The van der Waals surface area contributed by atoms with Gasteiger partial charge in [-0.1, -0.05) is 26.3 Å². The van der Waals surface area contributed by atoms with E-state index in [2.05, 4.69) is 13.8 Å². The minimum absolute atomic E-state index is 0.108. The van der Waals surface area contributed by atoms with E-state index in [9.17, 15) is 18.3 Å². The Kier molecular flexibility index (Phi) is 5.60. The van der Waals surface area contributed by atoms with E-state index < -0.39 is 29.5 Å². The Morgan fingerprint density at radius 2 is 1.81 bits per heavy atom. The number of fused-ring (bicyclic) bond motifs is 4. The Balaban J connectivity index is 1.57. The molecule has 1 N–H and O–H groups in total. The van der Waals surface area contributed by atoms with Crippen LogP contribution in [0.1, 0.15) is 115 Å². The van der Waals surface area contributed by atoms with Gasteiger partial charge >= 0.3 is 6.18 Å². The molecule has 2 aliphatic carbocycles. The van der Waals surface area contributed by atoms with Crippen LogP contribution in [0.25, 0.3) is 0 Å². The number of aromatic nitrogens is 1. The molecule has 1 saturated heterocycles. The monoisotopic (exact) mass is 501 g/mol. The van der Waals surface area contributed by atoms with Crippen LogP contribution in [0.3, 0.4) is 0 Å². The van der Waals surface area contributed by atoms with Crippen molar-refractivity contribution in [3.8, 4) is 0 Å². The van der Waals surface area contributed by atoms with Gasteiger partial charge in [-0.2, -0.15) is 13.2 Å².